The Kier molecular flexibility index (Phi) is 4.93. The average molecular weight is 327 g/mol. The number of fused-ring (bicyclic) bond motifs is 1. The van der Waals surface area contributed by atoms with E-state index in [2.05, 4.69) is 48.3 Å². The summed E-state index contributed by atoms with van der Waals surface area (Å²) in [6, 6.07) is 8.29. The van der Waals surface area contributed by atoms with Crippen LogP contribution in [-0.4, -0.2) is 25.2 Å². The van der Waals surface area contributed by atoms with Gasteiger partial charge >= 0.3 is 0 Å². The van der Waals surface area contributed by atoms with Crippen LogP contribution in [-0.2, 0) is 4.79 Å². The topological polar surface area (TPSA) is 44.7 Å². The second-order valence-corrected chi connectivity index (χ2v) is 7.33. The van der Waals surface area contributed by atoms with Gasteiger partial charge in [0.15, 0.2) is 0 Å². The number of rotatable bonds is 6. The normalized spacial score (nSPS) is 28.5. The predicted molar refractivity (Wildman–Crippen MR) is 99.3 cm³/mol. The number of nitrogens with zero attached hydrogens (tertiary/aromatic N) is 2. The van der Waals surface area contributed by atoms with E-state index in [1.165, 1.54) is 31.4 Å². The highest BCUT2D eigenvalue weighted by Gasteiger charge is 2.64. The van der Waals surface area contributed by atoms with E-state index in [-0.39, 0.29) is 17.2 Å². The highest BCUT2D eigenvalue weighted by atomic mass is 16.2. The number of hydrazone groups is 1. The van der Waals surface area contributed by atoms with E-state index in [0.717, 1.165) is 18.7 Å². The molecule has 1 amide bonds. The summed E-state index contributed by atoms with van der Waals surface area (Å²) >= 11 is 0. The smallest absolute Gasteiger partial charge is 0.244 e. The van der Waals surface area contributed by atoms with Gasteiger partial charge in [-0.15, -0.1) is 0 Å². The Morgan fingerprint density at radius 2 is 2.00 bits per heavy atom. The van der Waals surface area contributed by atoms with E-state index >= 15 is 0 Å². The largest absolute Gasteiger partial charge is 0.372 e. The van der Waals surface area contributed by atoms with Gasteiger partial charge in [-0.1, -0.05) is 31.9 Å². The molecule has 130 valence electrons. The molecule has 2 aliphatic rings. The van der Waals surface area contributed by atoms with Gasteiger partial charge in [0, 0.05) is 24.7 Å². The molecule has 0 bridgehead atoms. The molecule has 3 atom stereocenters. The lowest BCUT2D eigenvalue weighted by atomic mass is 9.90. The summed E-state index contributed by atoms with van der Waals surface area (Å²) in [4.78, 5) is 14.7. The Labute approximate surface area is 145 Å². The molecule has 1 N–H and O–H groups in total. The van der Waals surface area contributed by atoms with E-state index in [0.29, 0.717) is 5.92 Å². The third kappa shape index (κ3) is 3.19. The molecule has 2 saturated carbocycles. The molecule has 4 heteroatoms. The molecule has 0 radical (unpaired) electrons. The van der Waals surface area contributed by atoms with E-state index in [1.54, 1.807) is 6.21 Å². The molecule has 0 aliphatic heterocycles. The summed E-state index contributed by atoms with van der Waals surface area (Å²) < 4.78 is 0. The van der Waals surface area contributed by atoms with Crippen LogP contribution in [0.5, 0.6) is 0 Å². The average Bonchev–Trinajstić information content (AvgIpc) is 3.23. The standard InChI is InChI=1S/C20H29N3O/c1-4-23(5-2)16-11-9-15(10-12-16)14-21-22-19(24)18-17-8-6-7-13-20(17,18)3/h9-12,14,17-18H,4-8,13H2,1-3H3,(H,22,24)/b21-14+/t17-,18+,20-/m1/s1. The zero-order valence-electron chi connectivity index (χ0n) is 15.1. The van der Waals surface area contributed by atoms with E-state index in [4.69, 9.17) is 0 Å². The minimum absolute atomic E-state index is 0.0976. The second kappa shape index (κ2) is 6.96. The first-order valence-corrected chi connectivity index (χ1v) is 9.28. The number of anilines is 1. The minimum Gasteiger partial charge on any atom is -0.372 e. The molecule has 0 unspecified atom stereocenters. The molecule has 1 aromatic carbocycles. The molecule has 3 rings (SSSR count). The molecular weight excluding hydrogens is 298 g/mol. The lowest BCUT2D eigenvalue weighted by Crippen LogP contribution is -2.22. The maximum absolute atomic E-state index is 12.4. The van der Waals surface area contributed by atoms with Crippen LogP contribution < -0.4 is 10.3 Å². The summed E-state index contributed by atoms with van der Waals surface area (Å²) in [7, 11) is 0. The number of carbonyl (C=O) groups excluding carboxylic acids is 1. The van der Waals surface area contributed by atoms with Gasteiger partial charge in [0.1, 0.15) is 0 Å². The van der Waals surface area contributed by atoms with Gasteiger partial charge in [-0.25, -0.2) is 5.43 Å². The number of hydrogen-bond acceptors (Lipinski definition) is 3. The summed E-state index contributed by atoms with van der Waals surface area (Å²) in [5, 5.41) is 4.17. The third-order valence-electron chi connectivity index (χ3n) is 6.02. The highest BCUT2D eigenvalue weighted by Crippen LogP contribution is 2.66. The van der Waals surface area contributed by atoms with Gasteiger partial charge in [-0.05, 0) is 55.7 Å². The molecule has 2 aliphatic carbocycles. The van der Waals surface area contributed by atoms with Crippen LogP contribution in [0.3, 0.4) is 0 Å². The van der Waals surface area contributed by atoms with Crippen molar-refractivity contribution in [1.29, 1.82) is 0 Å². The fourth-order valence-electron chi connectivity index (χ4n) is 4.45. The van der Waals surface area contributed by atoms with Gasteiger partial charge in [0.05, 0.1) is 6.21 Å². The summed E-state index contributed by atoms with van der Waals surface area (Å²) in [5.74, 6) is 0.845. The lowest BCUT2D eigenvalue weighted by molar-refractivity contribution is -0.123. The van der Waals surface area contributed by atoms with Crippen LogP contribution in [0.15, 0.2) is 29.4 Å². The van der Waals surface area contributed by atoms with Gasteiger partial charge in [-0.2, -0.15) is 5.10 Å². The zero-order chi connectivity index (χ0) is 17.2. The second-order valence-electron chi connectivity index (χ2n) is 7.33. The Morgan fingerprint density at radius 1 is 1.29 bits per heavy atom. The van der Waals surface area contributed by atoms with Gasteiger partial charge in [0.2, 0.25) is 5.91 Å². The van der Waals surface area contributed by atoms with Gasteiger partial charge < -0.3 is 4.90 Å². The van der Waals surface area contributed by atoms with Crippen molar-refractivity contribution in [3.05, 3.63) is 29.8 Å². The van der Waals surface area contributed by atoms with Crippen LogP contribution in [0.1, 0.15) is 52.0 Å². The van der Waals surface area contributed by atoms with Crippen molar-refractivity contribution >= 4 is 17.8 Å². The van der Waals surface area contributed by atoms with Crippen LogP contribution in [0.2, 0.25) is 0 Å². The number of carbonyl (C=O) groups is 1. The van der Waals surface area contributed by atoms with Crippen molar-refractivity contribution in [1.82, 2.24) is 5.43 Å². The molecule has 24 heavy (non-hydrogen) atoms. The molecule has 0 heterocycles. The summed E-state index contributed by atoms with van der Waals surface area (Å²) in [6.07, 6.45) is 6.65. The lowest BCUT2D eigenvalue weighted by Gasteiger charge is -2.20. The highest BCUT2D eigenvalue weighted by molar-refractivity contribution is 5.86. The van der Waals surface area contributed by atoms with E-state index in [1.807, 2.05) is 12.1 Å². The molecule has 2 fully saturated rings. The Hall–Kier alpha value is -1.84. The van der Waals surface area contributed by atoms with E-state index < -0.39 is 0 Å². The first-order chi connectivity index (χ1) is 11.6. The maximum atomic E-state index is 12.4. The van der Waals surface area contributed by atoms with Gasteiger partial charge in [-0.3, -0.25) is 4.79 Å². The van der Waals surface area contributed by atoms with Crippen LogP contribution in [0.25, 0.3) is 0 Å². The minimum atomic E-state index is 0.0976. The van der Waals surface area contributed by atoms with Crippen LogP contribution in [0.4, 0.5) is 5.69 Å². The predicted octanol–water partition coefficient (Wildman–Crippen LogP) is 3.81. The van der Waals surface area contributed by atoms with Crippen LogP contribution >= 0.6 is 0 Å². The first-order valence-electron chi connectivity index (χ1n) is 9.28. The number of nitrogens with one attached hydrogen (secondary N) is 1. The van der Waals surface area contributed by atoms with E-state index in [9.17, 15) is 4.79 Å². The Balaban J connectivity index is 1.54. The molecular formula is C20H29N3O. The molecule has 0 aromatic heterocycles. The third-order valence-corrected chi connectivity index (χ3v) is 6.02. The molecule has 0 spiro atoms. The van der Waals surface area contributed by atoms with Crippen molar-refractivity contribution in [3.8, 4) is 0 Å². The van der Waals surface area contributed by atoms with Crippen molar-refractivity contribution in [2.24, 2.45) is 22.4 Å². The molecule has 1 aromatic rings. The molecule has 0 saturated heterocycles. The molecule has 4 nitrogen and oxygen atoms in total. The van der Waals surface area contributed by atoms with Crippen molar-refractivity contribution in [2.45, 2.75) is 46.5 Å². The number of amides is 1. The number of benzene rings is 1. The summed E-state index contributed by atoms with van der Waals surface area (Å²) in [6.45, 7) is 8.58. The quantitative estimate of drug-likeness (QED) is 0.638. The Morgan fingerprint density at radius 3 is 2.58 bits per heavy atom. The van der Waals surface area contributed by atoms with Crippen molar-refractivity contribution in [2.75, 3.05) is 18.0 Å². The number of hydrogen-bond donors (Lipinski definition) is 1. The maximum Gasteiger partial charge on any atom is 0.244 e. The Bertz CT molecular complexity index is 606. The zero-order valence-corrected chi connectivity index (χ0v) is 15.1. The fraction of sp³-hybridized carbons (Fsp3) is 0.600. The monoisotopic (exact) mass is 327 g/mol. The fourth-order valence-corrected chi connectivity index (χ4v) is 4.45. The van der Waals surface area contributed by atoms with Crippen LogP contribution in [0, 0.1) is 17.3 Å². The first kappa shape index (κ1) is 17.0. The summed E-state index contributed by atoms with van der Waals surface area (Å²) in [5.41, 5.74) is 5.22. The van der Waals surface area contributed by atoms with Crippen molar-refractivity contribution < 1.29 is 4.79 Å². The van der Waals surface area contributed by atoms with Gasteiger partial charge in [0.25, 0.3) is 0 Å². The SMILES string of the molecule is CCN(CC)c1ccc(/C=N/NC(=O)[C@@H]2[C@H]3CCCC[C@]32C)cc1. The van der Waals surface area contributed by atoms with Crippen molar-refractivity contribution in [3.63, 3.8) is 0 Å².